The molecule has 92 heavy (non-hydrogen) atoms. The van der Waals surface area contributed by atoms with Crippen molar-refractivity contribution < 1.29 is 0 Å². The van der Waals surface area contributed by atoms with Crippen LogP contribution in [0.15, 0.2) is 346 Å². The Bertz CT molecular complexity index is 5450. The van der Waals surface area contributed by atoms with Gasteiger partial charge in [-0.15, -0.1) is 0 Å². The summed E-state index contributed by atoms with van der Waals surface area (Å²) >= 11 is 0. The van der Waals surface area contributed by atoms with E-state index < -0.39 is 0 Å². The molecule has 16 aromatic carbocycles. The molecule has 1 aliphatic rings. The molecule has 0 atom stereocenters. The van der Waals surface area contributed by atoms with Crippen LogP contribution in [0.4, 0.5) is 51.2 Å². The zero-order chi connectivity index (χ0) is 61.3. The molecule has 0 saturated heterocycles. The van der Waals surface area contributed by atoms with Crippen molar-refractivity contribution in [3.8, 4) is 44.5 Å². The van der Waals surface area contributed by atoms with Gasteiger partial charge in [-0.05, 0) is 151 Å². The Hall–Kier alpha value is -11.8. The molecule has 0 unspecified atom stereocenters. The maximum absolute atomic E-state index is 2.58. The molecule has 0 radical (unpaired) electrons. The van der Waals surface area contributed by atoms with Crippen molar-refractivity contribution in [2.24, 2.45) is 0 Å². The molecule has 0 N–H and O–H groups in total. The van der Waals surface area contributed by atoms with E-state index in [1.807, 2.05) is 0 Å². The number of fused-ring (bicyclic) bond motifs is 8. The second-order valence-corrected chi connectivity index (χ2v) is 24.8. The average molecular weight is 1170 g/mol. The molecule has 3 heteroatoms. The largest absolute Gasteiger partial charge is 0.310 e. The summed E-state index contributed by atoms with van der Waals surface area (Å²) in [4.78, 5) is 7.64. The Morgan fingerprint density at radius 2 is 0.543 bits per heavy atom. The van der Waals surface area contributed by atoms with Crippen LogP contribution in [0.3, 0.4) is 0 Å². The molecule has 3 nitrogen and oxygen atoms in total. The second kappa shape index (κ2) is 22.4. The van der Waals surface area contributed by atoms with Crippen LogP contribution in [0.2, 0.25) is 0 Å². The lowest BCUT2D eigenvalue weighted by atomic mass is 9.81. The van der Waals surface area contributed by atoms with Gasteiger partial charge in [0.2, 0.25) is 0 Å². The molecular weight excluding hydrogens is 1110 g/mol. The van der Waals surface area contributed by atoms with E-state index in [2.05, 4.69) is 374 Å². The van der Waals surface area contributed by atoms with Crippen LogP contribution in [0.25, 0.3) is 98.4 Å². The predicted octanol–water partition coefficient (Wildman–Crippen LogP) is 25.2. The van der Waals surface area contributed by atoms with Crippen LogP contribution in [0, 0.1) is 0 Å². The topological polar surface area (TPSA) is 9.72 Å². The van der Waals surface area contributed by atoms with Gasteiger partial charge in [-0.25, -0.2) is 0 Å². The highest BCUT2D eigenvalue weighted by atomic mass is 15.2. The molecule has 1 aliphatic carbocycles. The summed E-state index contributed by atoms with van der Waals surface area (Å²) in [6, 6.07) is 128. The Kier molecular flexibility index (Phi) is 13.2. The molecule has 0 heterocycles. The summed E-state index contributed by atoms with van der Waals surface area (Å²) in [7, 11) is 0. The lowest BCUT2D eigenvalue weighted by molar-refractivity contribution is 0.661. The van der Waals surface area contributed by atoms with E-state index in [1.54, 1.807) is 0 Å². The van der Waals surface area contributed by atoms with E-state index >= 15 is 0 Å². The zero-order valence-electron chi connectivity index (χ0n) is 51.3. The third kappa shape index (κ3) is 9.20. The minimum absolute atomic E-state index is 0.310. The zero-order valence-corrected chi connectivity index (χ0v) is 51.3. The predicted molar refractivity (Wildman–Crippen MR) is 392 cm³/mol. The number of hydrogen-bond acceptors (Lipinski definition) is 3. The highest BCUT2D eigenvalue weighted by molar-refractivity contribution is 6.26. The van der Waals surface area contributed by atoms with Crippen molar-refractivity contribution in [2.75, 3.05) is 14.7 Å². The first-order chi connectivity index (χ1) is 45.4. The Balaban J connectivity index is 1.05. The van der Waals surface area contributed by atoms with Crippen molar-refractivity contribution in [1.29, 1.82) is 0 Å². The van der Waals surface area contributed by atoms with Gasteiger partial charge in [0.05, 0.1) is 28.4 Å². The Morgan fingerprint density at radius 1 is 0.207 bits per heavy atom. The number of benzene rings is 16. The fourth-order valence-electron chi connectivity index (χ4n) is 14.7. The smallest absolute Gasteiger partial charge is 0.0621 e. The Labute approximate surface area is 537 Å². The lowest BCUT2D eigenvalue weighted by Crippen LogP contribution is -2.17. The van der Waals surface area contributed by atoms with Crippen LogP contribution >= 0.6 is 0 Å². The van der Waals surface area contributed by atoms with Crippen LogP contribution in [-0.2, 0) is 5.41 Å². The van der Waals surface area contributed by atoms with Crippen molar-refractivity contribution in [3.63, 3.8) is 0 Å². The van der Waals surface area contributed by atoms with Crippen LogP contribution in [0.1, 0.15) is 25.0 Å². The van der Waals surface area contributed by atoms with Gasteiger partial charge >= 0.3 is 0 Å². The highest BCUT2D eigenvalue weighted by Gasteiger charge is 2.38. The SMILES string of the molecule is CC1(C)c2ccccc2-c2cc3c(N(c4ccc(-c5ccccc5)cc4)c4cccc5ccccc45)c4cc(N(c5ccc(-c6ccccc6)cc5)c5cccc6ccccc56)ccc4c(N(c4ccc(-c5ccccc5)cc4)c4cccc5ccccc45)c3cc21. The van der Waals surface area contributed by atoms with Gasteiger partial charge in [0.25, 0.3) is 0 Å². The first-order valence-electron chi connectivity index (χ1n) is 31.9. The monoisotopic (exact) mass is 1170 g/mol. The normalized spacial score (nSPS) is 12.3. The number of anilines is 9. The van der Waals surface area contributed by atoms with Gasteiger partial charge in [0.15, 0.2) is 0 Å². The quantitative estimate of drug-likeness (QED) is 0.0892. The molecule has 17 rings (SSSR count). The number of hydrogen-bond donors (Lipinski definition) is 0. The maximum atomic E-state index is 2.58. The summed E-state index contributed by atoms with van der Waals surface area (Å²) in [5.74, 6) is 0. The number of rotatable bonds is 12. The maximum Gasteiger partial charge on any atom is 0.0621 e. The summed E-state index contributed by atoms with van der Waals surface area (Å²) in [6.45, 7) is 4.82. The van der Waals surface area contributed by atoms with Gasteiger partial charge in [0, 0.05) is 65.9 Å². The van der Waals surface area contributed by atoms with E-state index in [4.69, 9.17) is 0 Å². The minimum atomic E-state index is -0.310. The van der Waals surface area contributed by atoms with Gasteiger partial charge in [0.1, 0.15) is 0 Å². The second-order valence-electron chi connectivity index (χ2n) is 24.8. The average Bonchev–Trinajstić information content (AvgIpc) is 1.26. The fraction of sp³-hybridized carbons (Fsp3) is 0.0337. The van der Waals surface area contributed by atoms with E-state index in [0.29, 0.717) is 0 Å². The van der Waals surface area contributed by atoms with E-state index in [-0.39, 0.29) is 5.41 Å². The van der Waals surface area contributed by atoms with Gasteiger partial charge in [-0.1, -0.05) is 281 Å². The van der Waals surface area contributed by atoms with Gasteiger partial charge in [-0.2, -0.15) is 0 Å². The van der Waals surface area contributed by atoms with E-state index in [0.717, 1.165) is 106 Å². The molecule has 0 saturated carbocycles. The summed E-state index contributed by atoms with van der Waals surface area (Å²) in [5.41, 5.74) is 21.5. The highest BCUT2D eigenvalue weighted by Crippen LogP contribution is 2.58. The molecule has 0 spiro atoms. The molecule has 16 aromatic rings. The molecular formula is C89H63N3. The molecule has 434 valence electrons. The van der Waals surface area contributed by atoms with Crippen molar-refractivity contribution in [1.82, 2.24) is 0 Å². The molecule has 0 aliphatic heterocycles. The molecule has 0 bridgehead atoms. The molecule has 0 amide bonds. The number of nitrogens with zero attached hydrogens (tertiary/aromatic N) is 3. The third-order valence-electron chi connectivity index (χ3n) is 19.2. The Morgan fingerprint density at radius 3 is 1.01 bits per heavy atom. The first-order valence-corrected chi connectivity index (χ1v) is 31.9. The standard InChI is InChI=1S/C89H63N3/c1-89(2)82-39-19-18-38-76(82)78-58-80-81(59-83(78)89)87(91(85-41-21-33-67-30-13-16-36-74(67)85)70-51-45-64(46-52-70)61-25-8-4-9-26-61)77-56-55-72(90(84-40-20-32-66-29-12-15-35-73(66)84)69-49-43-63(44-50-69)60-23-6-3-7-24-60)57-79(77)88(80)92(86-42-22-34-68-31-14-17-37-75(68)86)71-53-47-65(48-54-71)62-27-10-5-11-28-62/h3-59H,1-2H3. The van der Waals surface area contributed by atoms with E-state index in [9.17, 15) is 0 Å². The van der Waals surface area contributed by atoms with Crippen LogP contribution < -0.4 is 14.7 Å². The van der Waals surface area contributed by atoms with Crippen molar-refractivity contribution >= 4 is 105 Å². The first kappa shape index (κ1) is 54.4. The van der Waals surface area contributed by atoms with Crippen LogP contribution in [0.5, 0.6) is 0 Å². The summed E-state index contributed by atoms with van der Waals surface area (Å²) < 4.78 is 0. The third-order valence-corrected chi connectivity index (χ3v) is 19.2. The van der Waals surface area contributed by atoms with Crippen molar-refractivity contribution in [2.45, 2.75) is 19.3 Å². The molecule has 0 fully saturated rings. The van der Waals surface area contributed by atoms with Gasteiger partial charge in [-0.3, -0.25) is 0 Å². The minimum Gasteiger partial charge on any atom is -0.310 e. The van der Waals surface area contributed by atoms with Crippen LogP contribution in [-0.4, -0.2) is 0 Å². The van der Waals surface area contributed by atoms with E-state index in [1.165, 1.54) is 55.1 Å². The lowest BCUT2D eigenvalue weighted by Gasteiger charge is -2.35. The van der Waals surface area contributed by atoms with Crippen molar-refractivity contribution in [3.05, 3.63) is 357 Å². The molecule has 0 aromatic heterocycles. The summed E-state index contributed by atoms with van der Waals surface area (Å²) in [6.07, 6.45) is 0. The fourth-order valence-corrected chi connectivity index (χ4v) is 14.7. The van der Waals surface area contributed by atoms with Gasteiger partial charge < -0.3 is 14.7 Å². The summed E-state index contributed by atoms with van der Waals surface area (Å²) in [5, 5.41) is 11.5.